The van der Waals surface area contributed by atoms with Crippen molar-refractivity contribution in [1.82, 2.24) is 4.98 Å². The summed E-state index contributed by atoms with van der Waals surface area (Å²) in [6.07, 6.45) is 0. The second-order valence-corrected chi connectivity index (χ2v) is 4.02. The van der Waals surface area contributed by atoms with Crippen molar-refractivity contribution in [3.63, 3.8) is 0 Å². The highest BCUT2D eigenvalue weighted by molar-refractivity contribution is 7.17. The number of aromatic nitrogens is 1. The number of rotatable bonds is 0. The van der Waals surface area contributed by atoms with Crippen LogP contribution in [0.3, 0.4) is 0 Å². The van der Waals surface area contributed by atoms with Crippen molar-refractivity contribution >= 4 is 21.6 Å². The molecule has 0 aliphatic heterocycles. The topological polar surface area (TPSA) is 12.9 Å². The molecule has 0 aliphatic rings. The average Bonchev–Trinajstić information content (AvgIpc) is 2.67. The van der Waals surface area contributed by atoms with Crippen LogP contribution in [-0.2, 0) is 0 Å². The lowest BCUT2D eigenvalue weighted by Gasteiger charge is -2.02. The average molecular weight is 207 g/mol. The molecule has 0 unspecified atom stereocenters. The van der Waals surface area contributed by atoms with Crippen LogP contribution in [-0.4, -0.2) is 4.98 Å². The first-order chi connectivity index (χ1) is 6.70. The molecule has 1 aromatic heterocycles. The van der Waals surface area contributed by atoms with Crippen LogP contribution in [0, 0.1) is 20.8 Å². The first-order valence-electron chi connectivity index (χ1n) is 5.00. The van der Waals surface area contributed by atoms with Gasteiger partial charge in [0, 0.05) is 0 Å². The Labute approximate surface area is 89.8 Å². The minimum atomic E-state index is 1.17. The molecule has 0 radical (unpaired) electrons. The number of benzene rings is 1. The summed E-state index contributed by atoms with van der Waals surface area (Å²) in [5.74, 6) is 0. The third-order valence-electron chi connectivity index (χ3n) is 2.31. The van der Waals surface area contributed by atoms with Crippen molar-refractivity contribution in [2.75, 3.05) is 0 Å². The second-order valence-electron chi connectivity index (χ2n) is 3.17. The molecule has 0 fully saturated rings. The van der Waals surface area contributed by atoms with Crippen LogP contribution >= 0.6 is 11.3 Å². The van der Waals surface area contributed by atoms with E-state index in [1.54, 1.807) is 11.3 Å². The summed E-state index contributed by atoms with van der Waals surface area (Å²) in [7, 11) is 0. The standard InChI is InChI=1S/C10H11NS.C2H6/c1-6-4-7(2)9-10(8(6)3)12-5-11-9;1-2/h4-5H,1-3H3;1-2H3. The molecular formula is C12H17NS. The second kappa shape index (κ2) is 4.56. The molecule has 2 rings (SSSR count). The van der Waals surface area contributed by atoms with Gasteiger partial charge in [-0.05, 0) is 37.5 Å². The van der Waals surface area contributed by atoms with Crippen molar-refractivity contribution in [3.05, 3.63) is 28.3 Å². The van der Waals surface area contributed by atoms with Crippen LogP contribution in [0.25, 0.3) is 10.2 Å². The smallest absolute Gasteiger partial charge is 0.0844 e. The van der Waals surface area contributed by atoms with Gasteiger partial charge in [-0.15, -0.1) is 11.3 Å². The van der Waals surface area contributed by atoms with Crippen molar-refractivity contribution in [1.29, 1.82) is 0 Å². The monoisotopic (exact) mass is 207 g/mol. The summed E-state index contributed by atoms with van der Waals surface area (Å²) in [6, 6.07) is 2.21. The number of hydrogen-bond donors (Lipinski definition) is 0. The first kappa shape index (κ1) is 11.2. The van der Waals surface area contributed by atoms with Crippen LogP contribution in [0.2, 0.25) is 0 Å². The number of fused-ring (bicyclic) bond motifs is 1. The molecule has 0 atom stereocenters. The van der Waals surface area contributed by atoms with E-state index in [2.05, 4.69) is 31.8 Å². The summed E-state index contributed by atoms with van der Waals surface area (Å²) >= 11 is 1.73. The minimum absolute atomic E-state index is 1.17. The Bertz CT molecular complexity index is 429. The Hall–Kier alpha value is -0.890. The van der Waals surface area contributed by atoms with Gasteiger partial charge in [0.2, 0.25) is 0 Å². The molecule has 1 heterocycles. The first-order valence-corrected chi connectivity index (χ1v) is 5.88. The Morgan fingerprint density at radius 1 is 1.07 bits per heavy atom. The Balaban J connectivity index is 0.000000461. The highest BCUT2D eigenvalue weighted by atomic mass is 32.1. The van der Waals surface area contributed by atoms with Crippen LogP contribution in [0.4, 0.5) is 0 Å². The summed E-state index contributed by atoms with van der Waals surface area (Å²) < 4.78 is 1.34. The fourth-order valence-electron chi connectivity index (χ4n) is 1.47. The molecule has 2 heteroatoms. The predicted octanol–water partition coefficient (Wildman–Crippen LogP) is 4.25. The number of thiazole rings is 1. The summed E-state index contributed by atoms with van der Waals surface area (Å²) in [5, 5.41) is 0. The Kier molecular flexibility index (Phi) is 3.64. The van der Waals surface area contributed by atoms with Crippen molar-refractivity contribution in [2.45, 2.75) is 34.6 Å². The summed E-state index contributed by atoms with van der Waals surface area (Å²) in [6.45, 7) is 10.4. The molecular weight excluding hydrogens is 190 g/mol. The van der Waals surface area contributed by atoms with E-state index in [-0.39, 0.29) is 0 Å². The lowest BCUT2D eigenvalue weighted by atomic mass is 10.1. The zero-order valence-corrected chi connectivity index (χ0v) is 10.3. The van der Waals surface area contributed by atoms with Gasteiger partial charge in [0.15, 0.2) is 0 Å². The molecule has 14 heavy (non-hydrogen) atoms. The molecule has 0 spiro atoms. The van der Waals surface area contributed by atoms with E-state index >= 15 is 0 Å². The molecule has 76 valence electrons. The fraction of sp³-hybridized carbons (Fsp3) is 0.417. The van der Waals surface area contributed by atoms with Gasteiger partial charge in [-0.25, -0.2) is 4.98 Å². The molecule has 0 bridgehead atoms. The molecule has 0 aliphatic carbocycles. The van der Waals surface area contributed by atoms with E-state index in [0.29, 0.717) is 0 Å². The van der Waals surface area contributed by atoms with Gasteiger partial charge in [0.05, 0.1) is 15.7 Å². The number of nitrogens with zero attached hydrogens (tertiary/aromatic N) is 1. The zero-order chi connectivity index (χ0) is 10.7. The van der Waals surface area contributed by atoms with Gasteiger partial charge < -0.3 is 0 Å². The number of aryl methyl sites for hydroxylation is 3. The van der Waals surface area contributed by atoms with Crippen LogP contribution in [0.1, 0.15) is 30.5 Å². The molecule has 0 N–H and O–H groups in total. The Morgan fingerprint density at radius 3 is 2.36 bits per heavy atom. The lowest BCUT2D eigenvalue weighted by Crippen LogP contribution is -1.84. The molecule has 1 nitrogen and oxygen atoms in total. The Morgan fingerprint density at radius 2 is 1.71 bits per heavy atom. The minimum Gasteiger partial charge on any atom is -0.244 e. The van der Waals surface area contributed by atoms with Crippen molar-refractivity contribution in [3.8, 4) is 0 Å². The van der Waals surface area contributed by atoms with Gasteiger partial charge in [-0.1, -0.05) is 19.9 Å². The van der Waals surface area contributed by atoms with Gasteiger partial charge in [-0.2, -0.15) is 0 Å². The SMILES string of the molecule is CC.Cc1cc(C)c2ncsc2c1C. The molecule has 0 amide bonds. The fourth-order valence-corrected chi connectivity index (χ4v) is 2.40. The van der Waals surface area contributed by atoms with E-state index < -0.39 is 0 Å². The highest BCUT2D eigenvalue weighted by Crippen LogP contribution is 2.27. The van der Waals surface area contributed by atoms with Gasteiger partial charge in [-0.3, -0.25) is 0 Å². The lowest BCUT2D eigenvalue weighted by molar-refractivity contribution is 1.33. The quantitative estimate of drug-likeness (QED) is 0.629. The van der Waals surface area contributed by atoms with E-state index in [0.717, 1.165) is 0 Å². The van der Waals surface area contributed by atoms with E-state index in [1.165, 1.54) is 26.9 Å². The normalized spacial score (nSPS) is 9.79. The van der Waals surface area contributed by atoms with E-state index in [9.17, 15) is 0 Å². The molecule has 2 aromatic rings. The van der Waals surface area contributed by atoms with Gasteiger partial charge in [0.1, 0.15) is 0 Å². The van der Waals surface area contributed by atoms with Gasteiger partial charge in [0.25, 0.3) is 0 Å². The van der Waals surface area contributed by atoms with Crippen molar-refractivity contribution in [2.24, 2.45) is 0 Å². The molecule has 0 saturated heterocycles. The van der Waals surface area contributed by atoms with Crippen LogP contribution < -0.4 is 0 Å². The van der Waals surface area contributed by atoms with Crippen LogP contribution in [0.5, 0.6) is 0 Å². The predicted molar refractivity (Wildman–Crippen MR) is 65.2 cm³/mol. The largest absolute Gasteiger partial charge is 0.244 e. The van der Waals surface area contributed by atoms with Crippen molar-refractivity contribution < 1.29 is 0 Å². The maximum Gasteiger partial charge on any atom is 0.0844 e. The molecule has 0 saturated carbocycles. The van der Waals surface area contributed by atoms with E-state index in [1.807, 2.05) is 19.4 Å². The molecule has 1 aromatic carbocycles. The maximum absolute atomic E-state index is 4.34. The van der Waals surface area contributed by atoms with Crippen LogP contribution in [0.15, 0.2) is 11.6 Å². The summed E-state index contributed by atoms with van der Waals surface area (Å²) in [4.78, 5) is 4.34. The van der Waals surface area contributed by atoms with E-state index in [4.69, 9.17) is 0 Å². The highest BCUT2D eigenvalue weighted by Gasteiger charge is 2.05. The third-order valence-corrected chi connectivity index (χ3v) is 3.25. The third kappa shape index (κ3) is 1.80. The number of hydrogen-bond acceptors (Lipinski definition) is 2. The van der Waals surface area contributed by atoms with Gasteiger partial charge >= 0.3 is 0 Å². The zero-order valence-electron chi connectivity index (χ0n) is 9.51. The summed E-state index contributed by atoms with van der Waals surface area (Å²) in [5.41, 5.74) is 7.12. The maximum atomic E-state index is 4.34.